The van der Waals surface area contributed by atoms with Gasteiger partial charge in [0.2, 0.25) is 6.79 Å². The van der Waals surface area contributed by atoms with E-state index in [9.17, 15) is 4.79 Å². The van der Waals surface area contributed by atoms with Crippen LogP contribution in [0.4, 0.5) is 0 Å². The second-order valence-electron chi connectivity index (χ2n) is 10.8. The number of nitrogens with zero attached hydrogens (tertiary/aromatic N) is 5. The number of fused-ring (bicyclic) bond motifs is 2. The predicted octanol–water partition coefficient (Wildman–Crippen LogP) is 3.38. The number of pyridine rings is 1. The first-order chi connectivity index (χ1) is 16.7. The standard InChI is InChI=1S/C25H34N6O4/c1-15(2)22(23-27-28-29-31(23)25(3,4)5)30(13-18-7-6-8-33-18)12-17-9-16-10-20-21(35-14-34-20)11-19(16)26-24(17)32/h9-11,15,18,22H,6-8,12-14H2,1-5H3,(H,26,32)/t18-,22-/m1/s1. The van der Waals surface area contributed by atoms with E-state index < -0.39 is 0 Å². The molecule has 0 unspecified atom stereocenters. The molecule has 0 aliphatic carbocycles. The second kappa shape index (κ2) is 9.23. The third kappa shape index (κ3) is 4.77. The molecule has 2 aliphatic heterocycles. The van der Waals surface area contributed by atoms with Gasteiger partial charge in [0, 0.05) is 36.7 Å². The summed E-state index contributed by atoms with van der Waals surface area (Å²) < 4.78 is 18.9. The Balaban J connectivity index is 1.54. The van der Waals surface area contributed by atoms with Crippen LogP contribution >= 0.6 is 0 Å². The zero-order valence-corrected chi connectivity index (χ0v) is 21.1. The summed E-state index contributed by atoms with van der Waals surface area (Å²) in [5, 5.41) is 13.7. The van der Waals surface area contributed by atoms with E-state index in [0.717, 1.165) is 36.2 Å². The molecule has 188 valence electrons. The monoisotopic (exact) mass is 482 g/mol. The number of benzene rings is 1. The Hall–Kier alpha value is -2.98. The molecule has 0 bridgehead atoms. The lowest BCUT2D eigenvalue weighted by Gasteiger charge is -2.36. The van der Waals surface area contributed by atoms with E-state index in [1.54, 1.807) is 0 Å². The van der Waals surface area contributed by atoms with Crippen molar-refractivity contribution in [3.63, 3.8) is 0 Å². The van der Waals surface area contributed by atoms with E-state index in [2.05, 4.69) is 60.0 Å². The molecule has 10 nitrogen and oxygen atoms in total. The van der Waals surface area contributed by atoms with Gasteiger partial charge in [-0.3, -0.25) is 9.69 Å². The third-order valence-electron chi connectivity index (χ3n) is 6.67. The van der Waals surface area contributed by atoms with Gasteiger partial charge in [-0.05, 0) is 62.1 Å². The SMILES string of the molecule is CC(C)[C@H](c1nnnn1C(C)(C)C)N(Cc1cc2cc3c(cc2[nH]c1=O)OCO3)C[C@H]1CCCO1. The summed E-state index contributed by atoms with van der Waals surface area (Å²) >= 11 is 0. The van der Waals surface area contributed by atoms with Crippen molar-refractivity contribution in [2.75, 3.05) is 19.9 Å². The van der Waals surface area contributed by atoms with Gasteiger partial charge in [-0.25, -0.2) is 4.68 Å². The number of hydrogen-bond donors (Lipinski definition) is 1. The van der Waals surface area contributed by atoms with E-state index in [-0.39, 0.29) is 36.0 Å². The molecule has 1 fully saturated rings. The normalized spacial score (nSPS) is 18.8. The highest BCUT2D eigenvalue weighted by Crippen LogP contribution is 2.36. The topological polar surface area (TPSA) is 107 Å². The minimum absolute atomic E-state index is 0.0970. The van der Waals surface area contributed by atoms with Gasteiger partial charge in [0.15, 0.2) is 17.3 Å². The van der Waals surface area contributed by atoms with Crippen LogP contribution in [0.2, 0.25) is 0 Å². The van der Waals surface area contributed by atoms with Crippen LogP contribution in [0.1, 0.15) is 64.9 Å². The first kappa shape index (κ1) is 23.7. The van der Waals surface area contributed by atoms with Gasteiger partial charge in [0.05, 0.1) is 23.2 Å². The van der Waals surface area contributed by atoms with Gasteiger partial charge in [-0.2, -0.15) is 0 Å². The highest BCUT2D eigenvalue weighted by Gasteiger charge is 2.34. The summed E-state index contributed by atoms with van der Waals surface area (Å²) in [6.07, 6.45) is 2.17. The molecule has 1 N–H and O–H groups in total. The summed E-state index contributed by atoms with van der Waals surface area (Å²) in [6.45, 7) is 12.7. The van der Waals surface area contributed by atoms with Crippen molar-refractivity contribution in [1.82, 2.24) is 30.1 Å². The molecule has 0 amide bonds. The number of H-pyrrole nitrogens is 1. The molecule has 1 aromatic carbocycles. The van der Waals surface area contributed by atoms with Gasteiger partial charge in [0.1, 0.15) is 0 Å². The minimum Gasteiger partial charge on any atom is -0.454 e. The maximum absolute atomic E-state index is 13.2. The lowest BCUT2D eigenvalue weighted by atomic mass is 9.98. The quantitative estimate of drug-likeness (QED) is 0.546. The minimum atomic E-state index is -0.273. The van der Waals surface area contributed by atoms with Crippen LogP contribution in [0.5, 0.6) is 11.5 Å². The van der Waals surface area contributed by atoms with Gasteiger partial charge < -0.3 is 19.2 Å². The molecule has 3 aromatic rings. The molecule has 2 atom stereocenters. The predicted molar refractivity (Wildman–Crippen MR) is 130 cm³/mol. The highest BCUT2D eigenvalue weighted by atomic mass is 16.7. The fraction of sp³-hybridized carbons (Fsp3) is 0.600. The summed E-state index contributed by atoms with van der Waals surface area (Å²) in [7, 11) is 0. The average Bonchev–Trinajstić information content (AvgIpc) is 3.54. The smallest absolute Gasteiger partial charge is 0.252 e. The van der Waals surface area contributed by atoms with Crippen molar-refractivity contribution < 1.29 is 14.2 Å². The van der Waals surface area contributed by atoms with E-state index >= 15 is 0 Å². The molecule has 2 aliphatic rings. The highest BCUT2D eigenvalue weighted by molar-refractivity contribution is 5.83. The van der Waals surface area contributed by atoms with Crippen molar-refractivity contribution in [1.29, 1.82) is 0 Å². The Kier molecular flexibility index (Phi) is 6.27. The molecular weight excluding hydrogens is 448 g/mol. The molecular formula is C25H34N6O4. The Morgan fingerprint density at radius 3 is 2.66 bits per heavy atom. The van der Waals surface area contributed by atoms with E-state index in [1.165, 1.54) is 0 Å². The number of rotatable bonds is 7. The first-order valence-electron chi connectivity index (χ1n) is 12.3. The number of aromatic nitrogens is 5. The Bertz CT molecular complexity index is 1260. The lowest BCUT2D eigenvalue weighted by molar-refractivity contribution is 0.0371. The third-order valence-corrected chi connectivity index (χ3v) is 6.67. The molecule has 0 radical (unpaired) electrons. The molecule has 1 saturated heterocycles. The Labute approximate surface area is 204 Å². The lowest BCUT2D eigenvalue weighted by Crippen LogP contribution is -2.41. The van der Waals surface area contributed by atoms with Crippen molar-refractivity contribution in [2.45, 2.75) is 71.7 Å². The zero-order valence-electron chi connectivity index (χ0n) is 21.1. The van der Waals surface area contributed by atoms with Crippen LogP contribution in [0.15, 0.2) is 23.0 Å². The number of ether oxygens (including phenoxy) is 3. The number of tetrazole rings is 1. The van der Waals surface area contributed by atoms with Crippen molar-refractivity contribution >= 4 is 10.9 Å². The molecule has 0 spiro atoms. The zero-order chi connectivity index (χ0) is 24.7. The van der Waals surface area contributed by atoms with Crippen LogP contribution < -0.4 is 15.0 Å². The molecule has 35 heavy (non-hydrogen) atoms. The van der Waals surface area contributed by atoms with Crippen molar-refractivity contribution in [2.24, 2.45) is 5.92 Å². The van der Waals surface area contributed by atoms with Crippen molar-refractivity contribution in [3.05, 3.63) is 39.9 Å². The van der Waals surface area contributed by atoms with Gasteiger partial charge in [-0.15, -0.1) is 5.10 Å². The van der Waals surface area contributed by atoms with Crippen LogP contribution in [-0.2, 0) is 16.8 Å². The van der Waals surface area contributed by atoms with Gasteiger partial charge in [-0.1, -0.05) is 13.8 Å². The van der Waals surface area contributed by atoms with E-state index in [4.69, 9.17) is 14.2 Å². The largest absolute Gasteiger partial charge is 0.454 e. The van der Waals surface area contributed by atoms with Crippen LogP contribution in [-0.4, -0.2) is 56.1 Å². The van der Waals surface area contributed by atoms with Crippen LogP contribution in [0, 0.1) is 5.92 Å². The Morgan fingerprint density at radius 2 is 1.97 bits per heavy atom. The van der Waals surface area contributed by atoms with Gasteiger partial charge in [0.25, 0.3) is 5.56 Å². The Morgan fingerprint density at radius 1 is 1.20 bits per heavy atom. The van der Waals surface area contributed by atoms with Crippen molar-refractivity contribution in [3.8, 4) is 11.5 Å². The summed E-state index contributed by atoms with van der Waals surface area (Å²) in [5.74, 6) is 2.34. The number of nitrogens with one attached hydrogen (secondary N) is 1. The maximum Gasteiger partial charge on any atom is 0.252 e. The second-order valence-corrected chi connectivity index (χ2v) is 10.8. The fourth-order valence-electron chi connectivity index (χ4n) is 5.04. The summed E-state index contributed by atoms with van der Waals surface area (Å²) in [6, 6.07) is 5.59. The average molecular weight is 483 g/mol. The summed E-state index contributed by atoms with van der Waals surface area (Å²) in [4.78, 5) is 18.5. The number of hydrogen-bond acceptors (Lipinski definition) is 8. The summed E-state index contributed by atoms with van der Waals surface area (Å²) in [5.41, 5.74) is 1.01. The van der Waals surface area contributed by atoms with E-state index in [0.29, 0.717) is 30.2 Å². The van der Waals surface area contributed by atoms with Crippen LogP contribution in [0.3, 0.4) is 0 Å². The van der Waals surface area contributed by atoms with E-state index in [1.807, 2.05) is 22.9 Å². The molecule has 10 heteroatoms. The maximum atomic E-state index is 13.2. The van der Waals surface area contributed by atoms with Gasteiger partial charge >= 0.3 is 0 Å². The number of aromatic amines is 1. The van der Waals surface area contributed by atoms with Crippen LogP contribution in [0.25, 0.3) is 10.9 Å². The molecule has 2 aromatic heterocycles. The molecule has 0 saturated carbocycles. The molecule has 5 rings (SSSR count). The first-order valence-corrected chi connectivity index (χ1v) is 12.3. The molecule has 4 heterocycles. The fourth-order valence-corrected chi connectivity index (χ4v) is 5.04.